The molecule has 0 spiro atoms. The fourth-order valence-electron chi connectivity index (χ4n) is 2.39. The minimum atomic E-state index is -0.155. The number of hydrogen-bond donors (Lipinski definition) is 2. The largest absolute Gasteiger partial charge is 0.508 e. The predicted octanol–water partition coefficient (Wildman–Crippen LogP) is 2.40. The first kappa shape index (κ1) is 14.4. The van der Waals surface area contributed by atoms with Gasteiger partial charge in [0.25, 0.3) is 0 Å². The molecule has 19 heavy (non-hydrogen) atoms. The predicted molar refractivity (Wildman–Crippen MR) is 73.8 cm³/mol. The summed E-state index contributed by atoms with van der Waals surface area (Å²) in [5, 5.41) is 19.4. The van der Waals surface area contributed by atoms with Gasteiger partial charge < -0.3 is 15.1 Å². The van der Waals surface area contributed by atoms with Crippen LogP contribution in [0.3, 0.4) is 0 Å². The summed E-state index contributed by atoms with van der Waals surface area (Å²) in [5.41, 5.74) is 0.536. The standard InChI is InChI=1S/C13H15Cl2NO3/c14-9-2-3-10(18)12(13(9)15)8-6-11(19)16(7-8)4-1-5-17/h2-3,8,17-18H,1,4-7H2/t8-/m1/s1. The Kier molecular flexibility index (Phi) is 4.55. The monoisotopic (exact) mass is 303 g/mol. The summed E-state index contributed by atoms with van der Waals surface area (Å²) in [6.45, 7) is 1.06. The van der Waals surface area contributed by atoms with E-state index >= 15 is 0 Å². The number of phenols is 1. The Bertz CT molecular complexity index is 493. The number of aromatic hydroxyl groups is 1. The highest BCUT2D eigenvalue weighted by Crippen LogP contribution is 2.41. The Morgan fingerprint density at radius 1 is 1.37 bits per heavy atom. The Hall–Kier alpha value is -0.970. The lowest BCUT2D eigenvalue weighted by Gasteiger charge is -2.17. The van der Waals surface area contributed by atoms with Crippen LogP contribution in [0.1, 0.15) is 24.3 Å². The minimum absolute atomic E-state index is 0.00823. The third kappa shape index (κ3) is 2.96. The van der Waals surface area contributed by atoms with E-state index in [-0.39, 0.29) is 24.2 Å². The second-order valence-electron chi connectivity index (χ2n) is 4.61. The van der Waals surface area contributed by atoms with E-state index in [2.05, 4.69) is 0 Å². The van der Waals surface area contributed by atoms with Gasteiger partial charge in [0.05, 0.1) is 10.0 Å². The zero-order chi connectivity index (χ0) is 14.0. The van der Waals surface area contributed by atoms with Crippen molar-refractivity contribution in [3.05, 3.63) is 27.7 Å². The van der Waals surface area contributed by atoms with E-state index < -0.39 is 0 Å². The minimum Gasteiger partial charge on any atom is -0.508 e. The van der Waals surface area contributed by atoms with Gasteiger partial charge >= 0.3 is 0 Å². The number of rotatable bonds is 4. The SMILES string of the molecule is O=C1C[C@@H](c2c(O)ccc(Cl)c2Cl)CN1CCCO. The molecule has 1 aromatic rings. The topological polar surface area (TPSA) is 60.8 Å². The van der Waals surface area contributed by atoms with Crippen molar-refractivity contribution in [2.45, 2.75) is 18.8 Å². The van der Waals surface area contributed by atoms with Crippen LogP contribution in [0.25, 0.3) is 0 Å². The van der Waals surface area contributed by atoms with Crippen molar-refractivity contribution in [2.24, 2.45) is 0 Å². The highest BCUT2D eigenvalue weighted by Gasteiger charge is 2.33. The molecule has 0 bridgehead atoms. The molecule has 0 aromatic heterocycles. The molecular formula is C13H15Cl2NO3. The lowest BCUT2D eigenvalue weighted by molar-refractivity contribution is -0.127. The summed E-state index contributed by atoms with van der Waals surface area (Å²) in [6.07, 6.45) is 0.854. The average Bonchev–Trinajstić information content (AvgIpc) is 2.73. The van der Waals surface area contributed by atoms with Crippen molar-refractivity contribution >= 4 is 29.1 Å². The summed E-state index contributed by atoms with van der Waals surface area (Å²) in [6, 6.07) is 3.02. The maximum atomic E-state index is 11.9. The summed E-state index contributed by atoms with van der Waals surface area (Å²) >= 11 is 12.1. The number of amides is 1. The molecule has 1 fully saturated rings. The molecule has 1 heterocycles. The molecule has 0 aliphatic carbocycles. The number of aliphatic hydroxyl groups is 1. The zero-order valence-electron chi connectivity index (χ0n) is 10.3. The number of aliphatic hydroxyl groups excluding tert-OH is 1. The number of benzene rings is 1. The van der Waals surface area contributed by atoms with Crippen molar-refractivity contribution in [2.75, 3.05) is 19.7 Å². The van der Waals surface area contributed by atoms with E-state index in [0.717, 1.165) is 0 Å². The fraction of sp³-hybridized carbons (Fsp3) is 0.462. The molecule has 104 valence electrons. The van der Waals surface area contributed by atoms with Crippen LogP contribution in [0.5, 0.6) is 5.75 Å². The molecule has 6 heteroatoms. The van der Waals surface area contributed by atoms with E-state index in [1.807, 2.05) is 0 Å². The second kappa shape index (κ2) is 5.99. The van der Waals surface area contributed by atoms with Crippen molar-refractivity contribution < 1.29 is 15.0 Å². The van der Waals surface area contributed by atoms with Crippen LogP contribution in [-0.2, 0) is 4.79 Å². The smallest absolute Gasteiger partial charge is 0.223 e. The number of halogens is 2. The van der Waals surface area contributed by atoms with Gasteiger partial charge in [0, 0.05) is 37.6 Å². The van der Waals surface area contributed by atoms with Gasteiger partial charge in [0.15, 0.2) is 0 Å². The molecule has 2 rings (SSSR count). The molecule has 1 saturated heterocycles. The van der Waals surface area contributed by atoms with Gasteiger partial charge in [-0.2, -0.15) is 0 Å². The molecule has 1 atom stereocenters. The molecule has 4 nitrogen and oxygen atoms in total. The zero-order valence-corrected chi connectivity index (χ0v) is 11.8. The van der Waals surface area contributed by atoms with Gasteiger partial charge in [-0.3, -0.25) is 4.79 Å². The van der Waals surface area contributed by atoms with E-state index in [0.29, 0.717) is 41.5 Å². The van der Waals surface area contributed by atoms with Crippen LogP contribution >= 0.6 is 23.2 Å². The van der Waals surface area contributed by atoms with E-state index in [9.17, 15) is 9.90 Å². The number of carbonyl (C=O) groups is 1. The van der Waals surface area contributed by atoms with Gasteiger partial charge in [0.2, 0.25) is 5.91 Å². The fourth-order valence-corrected chi connectivity index (χ4v) is 2.87. The molecule has 2 N–H and O–H groups in total. The van der Waals surface area contributed by atoms with Gasteiger partial charge in [-0.15, -0.1) is 0 Å². The molecule has 1 aliphatic heterocycles. The van der Waals surface area contributed by atoms with Gasteiger partial charge in [-0.05, 0) is 18.6 Å². The third-order valence-corrected chi connectivity index (χ3v) is 4.14. The normalized spacial score (nSPS) is 19.2. The Morgan fingerprint density at radius 2 is 2.11 bits per heavy atom. The lowest BCUT2D eigenvalue weighted by Crippen LogP contribution is -2.26. The van der Waals surface area contributed by atoms with Crippen LogP contribution in [0.2, 0.25) is 10.0 Å². The molecule has 1 aromatic carbocycles. The number of carbonyl (C=O) groups excluding carboxylic acids is 1. The Balaban J connectivity index is 2.21. The van der Waals surface area contributed by atoms with E-state index in [4.69, 9.17) is 28.3 Å². The van der Waals surface area contributed by atoms with E-state index in [1.165, 1.54) is 12.1 Å². The maximum Gasteiger partial charge on any atom is 0.223 e. The molecule has 0 unspecified atom stereocenters. The summed E-state index contributed by atoms with van der Waals surface area (Å²) in [7, 11) is 0. The summed E-state index contributed by atoms with van der Waals surface area (Å²) in [4.78, 5) is 13.5. The number of likely N-dealkylation sites (tertiary alicyclic amines) is 1. The molecule has 1 aliphatic rings. The summed E-state index contributed by atoms with van der Waals surface area (Å²) in [5.74, 6) is -0.0810. The Labute approximate surface area is 121 Å². The molecule has 0 radical (unpaired) electrons. The maximum absolute atomic E-state index is 11.9. The van der Waals surface area contributed by atoms with Gasteiger partial charge in [-0.1, -0.05) is 23.2 Å². The highest BCUT2D eigenvalue weighted by atomic mass is 35.5. The van der Waals surface area contributed by atoms with Crippen molar-refractivity contribution in [1.29, 1.82) is 0 Å². The van der Waals surface area contributed by atoms with Gasteiger partial charge in [-0.25, -0.2) is 0 Å². The number of nitrogens with zero attached hydrogens (tertiary/aromatic N) is 1. The van der Waals surface area contributed by atoms with Crippen LogP contribution in [-0.4, -0.2) is 40.7 Å². The van der Waals surface area contributed by atoms with Crippen LogP contribution in [0, 0.1) is 0 Å². The van der Waals surface area contributed by atoms with Crippen molar-refractivity contribution in [3.8, 4) is 5.75 Å². The molecular weight excluding hydrogens is 289 g/mol. The quantitative estimate of drug-likeness (QED) is 0.898. The van der Waals surface area contributed by atoms with Crippen LogP contribution < -0.4 is 0 Å². The summed E-state index contributed by atoms with van der Waals surface area (Å²) < 4.78 is 0. The van der Waals surface area contributed by atoms with Crippen LogP contribution in [0.4, 0.5) is 0 Å². The highest BCUT2D eigenvalue weighted by molar-refractivity contribution is 6.42. The Morgan fingerprint density at radius 3 is 2.79 bits per heavy atom. The first-order valence-electron chi connectivity index (χ1n) is 6.10. The third-order valence-electron chi connectivity index (χ3n) is 3.32. The van der Waals surface area contributed by atoms with Crippen molar-refractivity contribution in [1.82, 2.24) is 4.90 Å². The first-order valence-corrected chi connectivity index (χ1v) is 6.85. The molecule has 1 amide bonds. The van der Waals surface area contributed by atoms with Gasteiger partial charge in [0.1, 0.15) is 5.75 Å². The van der Waals surface area contributed by atoms with Crippen molar-refractivity contribution in [3.63, 3.8) is 0 Å². The van der Waals surface area contributed by atoms with Crippen LogP contribution in [0.15, 0.2) is 12.1 Å². The average molecular weight is 304 g/mol. The second-order valence-corrected chi connectivity index (χ2v) is 5.40. The number of hydrogen-bond acceptors (Lipinski definition) is 3. The first-order chi connectivity index (χ1) is 9.04. The molecule has 0 saturated carbocycles. The van der Waals surface area contributed by atoms with E-state index in [1.54, 1.807) is 4.90 Å². The lowest BCUT2D eigenvalue weighted by atomic mass is 9.97. The number of phenolic OH excluding ortho intramolecular Hbond substituents is 1.